The standard InChI is InChI=1S/C15H9Br2N3O2S/c16-9-7-12(23-13(9)17)15(22)20-19-14(21)11-6-5-8-3-1-2-4-10(8)18-11/h1-7H,(H,19,21)(H,20,22). The molecule has 0 aliphatic carbocycles. The van der Waals surface area contributed by atoms with E-state index in [9.17, 15) is 9.59 Å². The number of hydrogen-bond acceptors (Lipinski definition) is 4. The third kappa shape index (κ3) is 3.60. The molecule has 0 aliphatic rings. The van der Waals surface area contributed by atoms with Gasteiger partial charge in [0.1, 0.15) is 5.69 Å². The van der Waals surface area contributed by atoms with Crippen LogP contribution in [0.2, 0.25) is 0 Å². The first kappa shape index (κ1) is 16.1. The molecule has 8 heteroatoms. The topological polar surface area (TPSA) is 71.1 Å². The summed E-state index contributed by atoms with van der Waals surface area (Å²) in [5.41, 5.74) is 5.70. The molecule has 0 bridgehead atoms. The number of rotatable bonds is 2. The van der Waals surface area contributed by atoms with Gasteiger partial charge in [0.25, 0.3) is 11.8 Å². The Balaban J connectivity index is 1.69. The van der Waals surface area contributed by atoms with Gasteiger partial charge >= 0.3 is 0 Å². The zero-order chi connectivity index (χ0) is 16.4. The van der Waals surface area contributed by atoms with E-state index < -0.39 is 11.8 Å². The first-order valence-corrected chi connectivity index (χ1v) is 8.86. The van der Waals surface area contributed by atoms with Gasteiger partial charge in [-0.3, -0.25) is 20.4 Å². The second kappa shape index (κ2) is 6.77. The summed E-state index contributed by atoms with van der Waals surface area (Å²) in [6.45, 7) is 0. The van der Waals surface area contributed by atoms with Gasteiger partial charge in [0, 0.05) is 9.86 Å². The third-order valence-corrected chi connectivity index (χ3v) is 6.24. The number of nitrogens with one attached hydrogen (secondary N) is 2. The molecule has 0 radical (unpaired) electrons. The van der Waals surface area contributed by atoms with Gasteiger partial charge < -0.3 is 0 Å². The minimum atomic E-state index is -0.473. The minimum absolute atomic E-state index is 0.234. The predicted octanol–water partition coefficient (Wildman–Crippen LogP) is 3.90. The number of pyridine rings is 1. The Kier molecular flexibility index (Phi) is 4.74. The molecule has 116 valence electrons. The molecular weight excluding hydrogens is 446 g/mol. The van der Waals surface area contributed by atoms with Crippen LogP contribution in [-0.2, 0) is 0 Å². The fraction of sp³-hybridized carbons (Fsp3) is 0. The molecule has 5 nitrogen and oxygen atoms in total. The van der Waals surface area contributed by atoms with E-state index in [2.05, 4.69) is 47.7 Å². The van der Waals surface area contributed by atoms with Crippen LogP contribution in [0.5, 0.6) is 0 Å². The average Bonchev–Trinajstić information content (AvgIpc) is 2.91. The van der Waals surface area contributed by atoms with Crippen molar-refractivity contribution in [3.05, 3.63) is 61.3 Å². The molecule has 0 fully saturated rings. The van der Waals surface area contributed by atoms with Crippen molar-refractivity contribution in [1.29, 1.82) is 0 Å². The van der Waals surface area contributed by atoms with Gasteiger partial charge in [-0.15, -0.1) is 11.3 Å². The first-order valence-electron chi connectivity index (χ1n) is 6.46. The number of hydrazine groups is 1. The lowest BCUT2D eigenvalue weighted by Crippen LogP contribution is -2.41. The molecule has 0 unspecified atom stereocenters. The zero-order valence-electron chi connectivity index (χ0n) is 11.5. The Bertz CT molecular complexity index is 891. The number of thiophene rings is 1. The number of halogens is 2. The fourth-order valence-electron chi connectivity index (χ4n) is 1.89. The molecule has 0 saturated carbocycles. The summed E-state index contributed by atoms with van der Waals surface area (Å²) in [5.74, 6) is -0.866. The lowest BCUT2D eigenvalue weighted by Gasteiger charge is -2.06. The van der Waals surface area contributed by atoms with Crippen molar-refractivity contribution in [1.82, 2.24) is 15.8 Å². The number of carbonyl (C=O) groups is 2. The monoisotopic (exact) mass is 453 g/mol. The van der Waals surface area contributed by atoms with E-state index in [-0.39, 0.29) is 5.69 Å². The van der Waals surface area contributed by atoms with E-state index in [4.69, 9.17) is 0 Å². The molecule has 0 aliphatic heterocycles. The molecular formula is C15H9Br2N3O2S. The summed E-state index contributed by atoms with van der Waals surface area (Å²) in [6.07, 6.45) is 0. The lowest BCUT2D eigenvalue weighted by molar-refractivity contribution is 0.0846. The number of benzene rings is 1. The van der Waals surface area contributed by atoms with Crippen molar-refractivity contribution < 1.29 is 9.59 Å². The Morgan fingerprint density at radius 3 is 2.48 bits per heavy atom. The average molecular weight is 455 g/mol. The van der Waals surface area contributed by atoms with Crippen LogP contribution in [0.4, 0.5) is 0 Å². The van der Waals surface area contributed by atoms with E-state index in [1.165, 1.54) is 11.3 Å². The highest BCUT2D eigenvalue weighted by molar-refractivity contribution is 9.13. The van der Waals surface area contributed by atoms with Crippen molar-refractivity contribution >= 4 is 65.9 Å². The van der Waals surface area contributed by atoms with Gasteiger partial charge in [-0.2, -0.15) is 0 Å². The molecule has 1 aromatic carbocycles. The van der Waals surface area contributed by atoms with Crippen LogP contribution in [-0.4, -0.2) is 16.8 Å². The molecule has 3 aromatic rings. The van der Waals surface area contributed by atoms with Crippen molar-refractivity contribution in [3.8, 4) is 0 Å². The maximum Gasteiger partial charge on any atom is 0.288 e. The van der Waals surface area contributed by atoms with Crippen LogP contribution in [0.25, 0.3) is 10.9 Å². The Labute approximate surface area is 152 Å². The molecule has 23 heavy (non-hydrogen) atoms. The summed E-state index contributed by atoms with van der Waals surface area (Å²) < 4.78 is 1.60. The summed E-state index contributed by atoms with van der Waals surface area (Å²) in [4.78, 5) is 28.8. The van der Waals surface area contributed by atoms with E-state index in [1.54, 1.807) is 12.1 Å². The lowest BCUT2D eigenvalue weighted by atomic mass is 10.2. The minimum Gasteiger partial charge on any atom is -0.266 e. The molecule has 0 saturated heterocycles. The third-order valence-electron chi connectivity index (χ3n) is 2.99. The zero-order valence-corrected chi connectivity index (χ0v) is 15.5. The Morgan fingerprint density at radius 2 is 1.74 bits per heavy atom. The fourth-order valence-corrected chi connectivity index (χ4v) is 3.82. The van der Waals surface area contributed by atoms with Gasteiger partial charge in [-0.1, -0.05) is 24.3 Å². The van der Waals surface area contributed by atoms with E-state index in [0.29, 0.717) is 4.88 Å². The van der Waals surface area contributed by atoms with Gasteiger partial charge in [-0.25, -0.2) is 4.98 Å². The van der Waals surface area contributed by atoms with E-state index >= 15 is 0 Å². The summed E-state index contributed by atoms with van der Waals surface area (Å²) in [6, 6.07) is 12.6. The van der Waals surface area contributed by atoms with Gasteiger partial charge in [-0.05, 0) is 50.1 Å². The number of hydrogen-bond donors (Lipinski definition) is 2. The predicted molar refractivity (Wildman–Crippen MR) is 96.4 cm³/mol. The summed E-state index contributed by atoms with van der Waals surface area (Å²) in [5, 5.41) is 0.946. The van der Waals surface area contributed by atoms with Crippen LogP contribution in [0.3, 0.4) is 0 Å². The number of para-hydroxylation sites is 1. The second-order valence-corrected chi connectivity index (χ2v) is 7.75. The largest absolute Gasteiger partial charge is 0.288 e. The highest BCUT2D eigenvalue weighted by Gasteiger charge is 2.14. The van der Waals surface area contributed by atoms with Crippen LogP contribution in [0.15, 0.2) is 50.7 Å². The van der Waals surface area contributed by atoms with Crippen molar-refractivity contribution in [2.45, 2.75) is 0 Å². The summed E-state index contributed by atoms with van der Waals surface area (Å²) >= 11 is 7.89. The van der Waals surface area contributed by atoms with Crippen molar-refractivity contribution in [3.63, 3.8) is 0 Å². The Hall–Kier alpha value is -1.77. The molecule has 3 rings (SSSR count). The first-order chi connectivity index (χ1) is 11.0. The maximum atomic E-state index is 12.1. The van der Waals surface area contributed by atoms with Crippen LogP contribution >= 0.6 is 43.2 Å². The molecule has 2 heterocycles. The van der Waals surface area contributed by atoms with Gasteiger partial charge in [0.2, 0.25) is 0 Å². The smallest absolute Gasteiger partial charge is 0.266 e. The number of fused-ring (bicyclic) bond motifs is 1. The number of aromatic nitrogens is 1. The van der Waals surface area contributed by atoms with Gasteiger partial charge in [0.15, 0.2) is 0 Å². The van der Waals surface area contributed by atoms with Crippen LogP contribution < -0.4 is 10.9 Å². The number of amides is 2. The normalized spacial score (nSPS) is 10.5. The van der Waals surface area contributed by atoms with Crippen molar-refractivity contribution in [2.24, 2.45) is 0 Å². The van der Waals surface area contributed by atoms with Crippen molar-refractivity contribution in [2.75, 3.05) is 0 Å². The second-order valence-electron chi connectivity index (χ2n) is 4.53. The SMILES string of the molecule is O=C(NNC(=O)c1cc(Br)c(Br)s1)c1ccc2ccccc2n1. The molecule has 2 N–H and O–H groups in total. The molecule has 2 aromatic heterocycles. The molecule has 2 amide bonds. The molecule has 0 spiro atoms. The highest BCUT2D eigenvalue weighted by atomic mass is 79.9. The van der Waals surface area contributed by atoms with Crippen LogP contribution in [0, 0.1) is 0 Å². The maximum absolute atomic E-state index is 12.1. The Morgan fingerprint density at radius 1 is 1.00 bits per heavy atom. The van der Waals surface area contributed by atoms with E-state index in [1.807, 2.05) is 30.3 Å². The number of carbonyl (C=O) groups excluding carboxylic acids is 2. The number of nitrogens with zero attached hydrogens (tertiary/aromatic N) is 1. The van der Waals surface area contributed by atoms with E-state index in [0.717, 1.165) is 19.2 Å². The quantitative estimate of drug-likeness (QED) is 0.577. The van der Waals surface area contributed by atoms with Crippen LogP contribution in [0.1, 0.15) is 20.2 Å². The van der Waals surface area contributed by atoms with Gasteiger partial charge in [0.05, 0.1) is 14.2 Å². The molecule has 0 atom stereocenters. The highest BCUT2D eigenvalue weighted by Crippen LogP contribution is 2.32. The summed E-state index contributed by atoms with van der Waals surface area (Å²) in [7, 11) is 0.